The highest BCUT2D eigenvalue weighted by Gasteiger charge is 2.39. The first-order valence-corrected chi connectivity index (χ1v) is 31.2. The van der Waals surface area contributed by atoms with E-state index in [2.05, 4.69) is 31.5 Å². The molecule has 2 aliphatic carbocycles. The number of alkyl carbamates (subject to hydrolysis) is 1. The number of ether oxygens (including phenoxy) is 3. The number of aromatic carboxylic acids is 2. The van der Waals surface area contributed by atoms with Crippen LogP contribution in [0.4, 0.5) is 25.0 Å². The van der Waals surface area contributed by atoms with Crippen LogP contribution in [0.15, 0.2) is 82.6 Å². The van der Waals surface area contributed by atoms with Crippen LogP contribution in [0.2, 0.25) is 0 Å². The lowest BCUT2D eigenvalue weighted by Gasteiger charge is -2.36. The van der Waals surface area contributed by atoms with Gasteiger partial charge < -0.3 is 73.3 Å². The zero-order chi connectivity index (χ0) is 62.6. The number of alkyl halides is 1. The quantitative estimate of drug-likeness (QED) is 0.0299. The van der Waals surface area contributed by atoms with Crippen LogP contribution in [-0.4, -0.2) is 156 Å². The van der Waals surface area contributed by atoms with E-state index in [1.165, 1.54) is 24.5 Å². The molecule has 4 aliphatic heterocycles. The van der Waals surface area contributed by atoms with Gasteiger partial charge >= 0.3 is 32.3 Å². The Morgan fingerprint density at radius 3 is 1.65 bits per heavy atom. The van der Waals surface area contributed by atoms with Gasteiger partial charge in [-0.3, -0.25) is 14.5 Å². The molecule has 468 valence electrons. The fourth-order valence-corrected chi connectivity index (χ4v) is 11.9. The van der Waals surface area contributed by atoms with E-state index >= 15 is 4.39 Å². The lowest BCUT2D eigenvalue weighted by Crippen LogP contribution is -2.47. The third-order valence-corrected chi connectivity index (χ3v) is 16.9. The maximum Gasteiger partial charge on any atom is 0.495 e. The van der Waals surface area contributed by atoms with Gasteiger partial charge in [-0.25, -0.2) is 23.2 Å². The first-order chi connectivity index (χ1) is 42.2. The third kappa shape index (κ3) is 14.6. The molecule has 12 rings (SSSR count). The molecule has 2 atom stereocenters. The van der Waals surface area contributed by atoms with E-state index in [-0.39, 0.29) is 46.6 Å². The summed E-state index contributed by atoms with van der Waals surface area (Å²) in [5.74, 6) is -2.28. The van der Waals surface area contributed by atoms with Crippen LogP contribution in [0.3, 0.4) is 0 Å². The summed E-state index contributed by atoms with van der Waals surface area (Å²) in [7, 11) is -2.02. The molecule has 6 aliphatic rings. The highest BCUT2D eigenvalue weighted by molar-refractivity contribution is 9.09. The Bertz CT molecular complexity index is 3680. The monoisotopic (exact) mass is 1280 g/mol. The normalized spacial score (nSPS) is 18.3. The second-order valence-electron chi connectivity index (χ2n) is 23.7. The predicted molar refractivity (Wildman–Crippen MR) is 335 cm³/mol. The van der Waals surface area contributed by atoms with Gasteiger partial charge in [0.2, 0.25) is 10.9 Å². The average molecular weight is 1280 g/mol. The van der Waals surface area contributed by atoms with E-state index in [0.717, 1.165) is 99.6 Å². The number of piperazine rings is 2. The van der Waals surface area contributed by atoms with Crippen molar-refractivity contribution < 1.29 is 66.9 Å². The summed E-state index contributed by atoms with van der Waals surface area (Å²) in [5, 5.41) is 46.2. The van der Waals surface area contributed by atoms with Gasteiger partial charge in [-0.15, -0.1) is 0 Å². The van der Waals surface area contributed by atoms with Gasteiger partial charge in [0.05, 0.1) is 47.8 Å². The molecule has 88 heavy (non-hydrogen) atoms. The zero-order valence-electron chi connectivity index (χ0n) is 49.8. The number of amides is 1. The van der Waals surface area contributed by atoms with Crippen LogP contribution >= 0.6 is 15.9 Å². The topological polar surface area (TPSA) is 256 Å². The van der Waals surface area contributed by atoms with Crippen molar-refractivity contribution in [3.63, 3.8) is 0 Å². The lowest BCUT2D eigenvalue weighted by molar-refractivity contribution is 0.0497. The number of fused-ring (bicyclic) bond motifs is 4. The molecule has 6 aromatic rings. The molecule has 4 fully saturated rings. The van der Waals surface area contributed by atoms with Crippen LogP contribution in [-0.2, 0) is 14.0 Å². The second-order valence-corrected chi connectivity index (χ2v) is 24.5. The van der Waals surface area contributed by atoms with E-state index in [0.29, 0.717) is 78.8 Å². The van der Waals surface area contributed by atoms with E-state index in [1.54, 1.807) is 32.9 Å². The SMILES string of the molecule is CC(C)(C)OC(=O)NCC1OB(O)c2c(OCCCBr)cccc21.CCC1OB(O)c2c(OCCCN3CCN(c4cc5c(cc4F)c(=O)c(C(=O)O)cn5C4CC4)CC3)cccc21.O=C(O)c1cn(C2CC2)c2cc(N3CCNCC3)c(F)cc2c1=O. The minimum absolute atomic E-state index is 0.110. The molecule has 0 spiro atoms. The van der Waals surface area contributed by atoms with Crippen molar-refractivity contribution in [1.29, 1.82) is 0 Å². The summed E-state index contributed by atoms with van der Waals surface area (Å²) in [5.41, 5.74) is 2.81. The zero-order valence-corrected chi connectivity index (χ0v) is 51.4. The number of carboxylic acid groups (broad SMARTS) is 2. The number of benzene rings is 4. The highest BCUT2D eigenvalue weighted by Crippen LogP contribution is 2.40. The van der Waals surface area contributed by atoms with Gasteiger partial charge in [0, 0.05) is 117 Å². The maximum absolute atomic E-state index is 15.2. The molecule has 2 saturated heterocycles. The number of rotatable bonds is 18. The average Bonchev–Trinajstić information content (AvgIpc) is 1.63. The number of carboxylic acids is 2. The van der Waals surface area contributed by atoms with Gasteiger partial charge in [0.15, 0.2) is 0 Å². The van der Waals surface area contributed by atoms with E-state index < -0.39 is 66.5 Å². The largest absolute Gasteiger partial charge is 0.495 e. The molecule has 0 bridgehead atoms. The summed E-state index contributed by atoms with van der Waals surface area (Å²) < 4.78 is 61.7. The predicted octanol–water partition coefficient (Wildman–Crippen LogP) is 6.65. The summed E-state index contributed by atoms with van der Waals surface area (Å²) in [6.07, 6.45) is 7.91. The van der Waals surface area contributed by atoms with Crippen LogP contribution < -0.4 is 51.7 Å². The number of hydrogen-bond acceptors (Lipinski definition) is 16. The fraction of sp³-hybridized carbons (Fsp3) is 0.468. The summed E-state index contributed by atoms with van der Waals surface area (Å²) >= 11 is 3.36. The number of halogens is 3. The van der Waals surface area contributed by atoms with E-state index in [1.807, 2.05) is 62.3 Å². The van der Waals surface area contributed by atoms with Crippen molar-refractivity contribution in [3.8, 4) is 11.5 Å². The molecule has 26 heteroatoms. The first-order valence-electron chi connectivity index (χ1n) is 30.1. The minimum atomic E-state index is -1.29. The maximum atomic E-state index is 15.2. The number of nitrogens with one attached hydrogen (secondary N) is 2. The molecule has 1 amide bonds. The molecule has 2 unspecified atom stereocenters. The van der Waals surface area contributed by atoms with Crippen molar-refractivity contribution in [1.82, 2.24) is 24.7 Å². The Morgan fingerprint density at radius 1 is 0.705 bits per heavy atom. The second kappa shape index (κ2) is 27.8. The number of anilines is 2. The van der Waals surface area contributed by atoms with Crippen molar-refractivity contribution >= 4 is 92.3 Å². The van der Waals surface area contributed by atoms with Crippen molar-refractivity contribution in [2.45, 2.75) is 103 Å². The Kier molecular flexibility index (Phi) is 20.2. The van der Waals surface area contributed by atoms with Gasteiger partial charge in [0.25, 0.3) is 0 Å². The van der Waals surface area contributed by atoms with Gasteiger partial charge in [-0.05, 0) is 113 Å². The first kappa shape index (κ1) is 63.9. The van der Waals surface area contributed by atoms with Crippen molar-refractivity contribution in [3.05, 3.63) is 127 Å². The molecule has 0 radical (unpaired) electrons. The molecular weight excluding hydrogens is 1210 g/mol. The Morgan fingerprint density at radius 2 is 1.18 bits per heavy atom. The molecule has 6 N–H and O–H groups in total. The number of nitrogens with zero attached hydrogens (tertiary/aromatic N) is 5. The smallest absolute Gasteiger partial charge is 0.494 e. The molecule has 21 nitrogen and oxygen atoms in total. The van der Waals surface area contributed by atoms with Crippen LogP contribution in [0.5, 0.6) is 11.5 Å². The Labute approximate surface area is 516 Å². The summed E-state index contributed by atoms with van der Waals surface area (Å²) in [6, 6.07) is 17.4. The Hall–Kier alpha value is -7.06. The molecule has 2 aromatic heterocycles. The number of carbonyl (C=O) groups is 3. The van der Waals surface area contributed by atoms with Gasteiger partial charge in [0.1, 0.15) is 39.9 Å². The van der Waals surface area contributed by atoms with Crippen molar-refractivity contribution in [2.24, 2.45) is 0 Å². The number of pyridine rings is 2. The van der Waals surface area contributed by atoms with E-state index in [4.69, 9.17) is 23.5 Å². The highest BCUT2D eigenvalue weighted by atomic mass is 79.9. The van der Waals surface area contributed by atoms with Crippen LogP contribution in [0.1, 0.15) is 129 Å². The lowest BCUT2D eigenvalue weighted by atomic mass is 9.78. The molecule has 2 saturated carbocycles. The number of carbonyl (C=O) groups excluding carboxylic acids is 1. The number of aromatic nitrogens is 2. The van der Waals surface area contributed by atoms with E-state index in [9.17, 15) is 48.6 Å². The minimum Gasteiger partial charge on any atom is -0.494 e. The summed E-state index contributed by atoms with van der Waals surface area (Å²) in [4.78, 5) is 66.1. The Balaban J connectivity index is 0.000000154. The number of hydrogen-bond donors (Lipinski definition) is 6. The molecule has 4 aromatic carbocycles. The van der Waals surface area contributed by atoms with Gasteiger partial charge in [-0.1, -0.05) is 47.1 Å². The molecular formula is C62H74B2BrF2N7O14. The van der Waals surface area contributed by atoms with Crippen LogP contribution in [0.25, 0.3) is 21.8 Å². The fourth-order valence-electron chi connectivity index (χ4n) is 11.7. The van der Waals surface area contributed by atoms with Gasteiger partial charge in [-0.2, -0.15) is 0 Å². The third-order valence-electron chi connectivity index (χ3n) is 16.3. The molecule has 6 heterocycles. The van der Waals surface area contributed by atoms with Crippen LogP contribution in [0, 0.1) is 11.6 Å². The summed E-state index contributed by atoms with van der Waals surface area (Å²) in [6.45, 7) is 15.3. The van der Waals surface area contributed by atoms with Crippen molar-refractivity contribution in [2.75, 3.05) is 93.8 Å². The standard InChI is InChI=1S/C29H33BFN3O6.C17H18FN3O3.C16H23BBrNO5/c1-2-25-19-5-3-6-26(27(19)30(38)40-25)39-14-4-9-32-10-12-33(13-11-32)24-16-23-20(15-22(24)31)28(35)21(29(36)37)17-34(23)18-7-8-18;18-13-7-11-14(8-15(13)20-5-3-19-4-6-20)21(10-1-2-10)9-12(16(11)22)17(23)24;1-16(2,3)23-15(20)19-10-13-11-6-4-7-12(22-9-5-8-18)14(11)17(21)24-13/h3,5-6,15-18,25,38H,2,4,7-14H2,1H3,(H,36,37);7-10,19H,1-6H2,(H,23,24);4,6-7,13,21H,5,8-10H2,1-3H3,(H,19,20).